The van der Waals surface area contributed by atoms with Crippen LogP contribution in [0.1, 0.15) is 16.2 Å². The molecule has 7 heteroatoms. The van der Waals surface area contributed by atoms with Crippen molar-refractivity contribution in [2.24, 2.45) is 7.05 Å². The SMILES string of the molecule is Cn1nnc(CC(=O)c2ccc(Cl)c(F)c2)n1. The van der Waals surface area contributed by atoms with Crippen LogP contribution in [0.15, 0.2) is 18.2 Å². The molecule has 0 bridgehead atoms. The van der Waals surface area contributed by atoms with Gasteiger partial charge < -0.3 is 0 Å². The lowest BCUT2D eigenvalue weighted by Crippen LogP contribution is -2.06. The Morgan fingerprint density at radius 2 is 2.29 bits per heavy atom. The number of carbonyl (C=O) groups excluding carboxylic acids is 1. The minimum Gasteiger partial charge on any atom is -0.294 e. The lowest BCUT2D eigenvalue weighted by atomic mass is 10.1. The Hall–Kier alpha value is -1.82. The van der Waals surface area contributed by atoms with Gasteiger partial charge in [-0.1, -0.05) is 11.6 Å². The molecule has 0 aliphatic carbocycles. The molecule has 0 saturated heterocycles. The molecule has 1 aromatic carbocycles. The molecule has 0 spiro atoms. The maximum atomic E-state index is 13.2. The van der Waals surface area contributed by atoms with Crippen molar-refractivity contribution in [3.8, 4) is 0 Å². The second-order valence-electron chi connectivity index (χ2n) is 3.42. The van der Waals surface area contributed by atoms with Crippen molar-refractivity contribution in [1.82, 2.24) is 20.2 Å². The summed E-state index contributed by atoms with van der Waals surface area (Å²) < 4.78 is 13.2. The summed E-state index contributed by atoms with van der Waals surface area (Å²) in [6.07, 6.45) is -0.0189. The Bertz CT molecular complexity index is 569. The lowest BCUT2D eigenvalue weighted by Gasteiger charge is -1.99. The molecule has 17 heavy (non-hydrogen) atoms. The van der Waals surface area contributed by atoms with Gasteiger partial charge in [-0.05, 0) is 23.4 Å². The minimum atomic E-state index is -0.621. The molecule has 1 aromatic heterocycles. The van der Waals surface area contributed by atoms with Crippen molar-refractivity contribution in [2.75, 3.05) is 0 Å². The molecule has 5 nitrogen and oxygen atoms in total. The van der Waals surface area contributed by atoms with E-state index in [-0.39, 0.29) is 22.8 Å². The third-order valence-electron chi connectivity index (χ3n) is 2.11. The quantitative estimate of drug-likeness (QED) is 0.778. The standard InChI is InChI=1S/C10H8ClFN4O/c1-16-14-10(13-15-16)5-9(17)6-2-3-7(11)8(12)4-6/h2-4H,5H2,1H3. The average molecular weight is 255 g/mol. The monoisotopic (exact) mass is 254 g/mol. The van der Waals surface area contributed by atoms with Crippen LogP contribution in [0, 0.1) is 5.82 Å². The molecule has 0 unspecified atom stereocenters. The van der Waals surface area contributed by atoms with E-state index in [1.54, 1.807) is 7.05 Å². The van der Waals surface area contributed by atoms with Crippen molar-refractivity contribution in [3.05, 3.63) is 40.4 Å². The fourth-order valence-electron chi connectivity index (χ4n) is 1.31. The van der Waals surface area contributed by atoms with E-state index >= 15 is 0 Å². The Balaban J connectivity index is 2.17. The van der Waals surface area contributed by atoms with Crippen molar-refractivity contribution < 1.29 is 9.18 Å². The van der Waals surface area contributed by atoms with E-state index in [9.17, 15) is 9.18 Å². The highest BCUT2D eigenvalue weighted by Crippen LogP contribution is 2.16. The first-order chi connectivity index (χ1) is 8.06. The van der Waals surface area contributed by atoms with Gasteiger partial charge in [0.25, 0.3) is 0 Å². The van der Waals surface area contributed by atoms with E-state index < -0.39 is 5.82 Å². The summed E-state index contributed by atoms with van der Waals surface area (Å²) in [7, 11) is 1.60. The Morgan fingerprint density at radius 3 is 2.88 bits per heavy atom. The average Bonchev–Trinajstić information content (AvgIpc) is 2.68. The van der Waals surface area contributed by atoms with Gasteiger partial charge in [0.15, 0.2) is 11.6 Å². The van der Waals surface area contributed by atoms with Crippen molar-refractivity contribution >= 4 is 17.4 Å². The molecule has 1 heterocycles. The summed E-state index contributed by atoms with van der Waals surface area (Å²) in [5.41, 5.74) is 0.236. The number of ketones is 1. The van der Waals surface area contributed by atoms with Gasteiger partial charge in [-0.25, -0.2) is 4.39 Å². The second kappa shape index (κ2) is 4.58. The number of hydrogen-bond donors (Lipinski definition) is 0. The van der Waals surface area contributed by atoms with E-state index in [4.69, 9.17) is 11.6 Å². The first-order valence-corrected chi connectivity index (χ1v) is 5.15. The molecule has 88 valence electrons. The van der Waals surface area contributed by atoms with Crippen LogP contribution in [0.3, 0.4) is 0 Å². The molecule has 0 radical (unpaired) electrons. The normalized spacial score (nSPS) is 10.5. The summed E-state index contributed by atoms with van der Waals surface area (Å²) >= 11 is 5.52. The zero-order valence-electron chi connectivity index (χ0n) is 8.89. The number of halogens is 2. The highest BCUT2D eigenvalue weighted by molar-refractivity contribution is 6.30. The van der Waals surface area contributed by atoms with Crippen LogP contribution < -0.4 is 0 Å². The van der Waals surface area contributed by atoms with Crippen molar-refractivity contribution in [2.45, 2.75) is 6.42 Å². The molecule has 2 rings (SSSR count). The summed E-state index contributed by atoms with van der Waals surface area (Å²) in [5.74, 6) is -0.606. The summed E-state index contributed by atoms with van der Waals surface area (Å²) in [6, 6.07) is 3.90. The molecular weight excluding hydrogens is 247 g/mol. The smallest absolute Gasteiger partial charge is 0.182 e. The van der Waals surface area contributed by atoms with E-state index in [1.165, 1.54) is 16.9 Å². The maximum Gasteiger partial charge on any atom is 0.182 e. The zero-order valence-corrected chi connectivity index (χ0v) is 9.65. The fourth-order valence-corrected chi connectivity index (χ4v) is 1.43. The van der Waals surface area contributed by atoms with Crippen LogP contribution in [0.4, 0.5) is 4.39 Å². The maximum absolute atomic E-state index is 13.2. The number of aromatic nitrogens is 4. The number of rotatable bonds is 3. The number of Topliss-reactive ketones (excluding diaryl/α,β-unsaturated/α-hetero) is 1. The van der Waals surface area contributed by atoms with Gasteiger partial charge >= 0.3 is 0 Å². The zero-order chi connectivity index (χ0) is 12.4. The number of tetrazole rings is 1. The van der Waals surface area contributed by atoms with Gasteiger partial charge in [0.05, 0.1) is 18.5 Å². The third kappa shape index (κ3) is 2.65. The van der Waals surface area contributed by atoms with Crippen LogP contribution in [-0.2, 0) is 13.5 Å². The Morgan fingerprint density at radius 1 is 1.53 bits per heavy atom. The van der Waals surface area contributed by atoms with Gasteiger partial charge in [0.2, 0.25) is 0 Å². The fraction of sp³-hybridized carbons (Fsp3) is 0.200. The molecule has 0 amide bonds. The predicted molar refractivity (Wildman–Crippen MR) is 58.2 cm³/mol. The summed E-state index contributed by atoms with van der Waals surface area (Å²) in [4.78, 5) is 13.0. The Kier molecular flexibility index (Phi) is 3.14. The van der Waals surface area contributed by atoms with Gasteiger partial charge in [-0.3, -0.25) is 4.79 Å². The van der Waals surface area contributed by atoms with Gasteiger partial charge in [0.1, 0.15) is 5.82 Å². The van der Waals surface area contributed by atoms with Crippen LogP contribution in [0.25, 0.3) is 0 Å². The van der Waals surface area contributed by atoms with Crippen LogP contribution in [-0.4, -0.2) is 26.0 Å². The van der Waals surface area contributed by atoms with Crippen LogP contribution in [0.2, 0.25) is 5.02 Å². The summed E-state index contributed by atoms with van der Waals surface area (Å²) in [6.45, 7) is 0. The molecule has 0 aliphatic rings. The molecular formula is C10H8ClFN4O. The minimum absolute atomic E-state index is 0.0147. The largest absolute Gasteiger partial charge is 0.294 e. The van der Waals surface area contributed by atoms with Gasteiger partial charge in [-0.2, -0.15) is 4.80 Å². The van der Waals surface area contributed by atoms with E-state index in [1.807, 2.05) is 0 Å². The van der Waals surface area contributed by atoms with Crippen LogP contribution >= 0.6 is 11.6 Å². The van der Waals surface area contributed by atoms with Crippen molar-refractivity contribution in [3.63, 3.8) is 0 Å². The Labute approximate surface area is 101 Å². The lowest BCUT2D eigenvalue weighted by molar-refractivity contribution is 0.0990. The van der Waals surface area contributed by atoms with E-state index in [0.29, 0.717) is 5.82 Å². The highest BCUT2D eigenvalue weighted by Gasteiger charge is 2.12. The summed E-state index contributed by atoms with van der Waals surface area (Å²) in [5, 5.41) is 11.1. The first-order valence-electron chi connectivity index (χ1n) is 4.77. The number of benzene rings is 1. The molecule has 0 N–H and O–H groups in total. The van der Waals surface area contributed by atoms with Crippen molar-refractivity contribution in [1.29, 1.82) is 0 Å². The third-order valence-corrected chi connectivity index (χ3v) is 2.42. The molecule has 2 aromatic rings. The number of nitrogens with zero attached hydrogens (tertiary/aromatic N) is 4. The molecule has 0 aliphatic heterocycles. The number of carbonyl (C=O) groups is 1. The highest BCUT2D eigenvalue weighted by atomic mass is 35.5. The number of aryl methyl sites for hydroxylation is 1. The van der Waals surface area contributed by atoms with E-state index in [2.05, 4.69) is 15.4 Å². The molecule has 0 fully saturated rings. The van der Waals surface area contributed by atoms with Crippen LogP contribution in [0.5, 0.6) is 0 Å². The topological polar surface area (TPSA) is 60.7 Å². The van der Waals surface area contributed by atoms with Gasteiger partial charge in [0, 0.05) is 5.56 Å². The number of hydrogen-bond acceptors (Lipinski definition) is 4. The van der Waals surface area contributed by atoms with Gasteiger partial charge in [-0.15, -0.1) is 10.2 Å². The second-order valence-corrected chi connectivity index (χ2v) is 3.83. The first kappa shape index (κ1) is 11.7. The van der Waals surface area contributed by atoms with E-state index in [0.717, 1.165) is 6.07 Å². The molecule has 0 atom stereocenters. The predicted octanol–water partition coefficient (Wildman–Crippen LogP) is 1.43. The molecule has 0 saturated carbocycles.